The topological polar surface area (TPSA) is 91.1 Å². The molecule has 36 heavy (non-hydrogen) atoms. The highest BCUT2D eigenvalue weighted by Gasteiger charge is 2.43. The molecule has 0 fully saturated rings. The first kappa shape index (κ1) is 23.4. The lowest BCUT2D eigenvalue weighted by Gasteiger charge is -2.26. The van der Waals surface area contributed by atoms with E-state index in [4.69, 9.17) is 18.6 Å². The number of hydrogen-bond acceptors (Lipinski definition) is 7. The molecule has 0 radical (unpaired) electrons. The third-order valence-corrected chi connectivity index (χ3v) is 6.48. The molecule has 0 N–H and O–H groups in total. The van der Waals surface area contributed by atoms with E-state index in [9.17, 15) is 9.59 Å². The minimum absolute atomic E-state index is 0.0436. The van der Waals surface area contributed by atoms with Gasteiger partial charge in [0, 0.05) is 18.9 Å². The first-order valence-electron chi connectivity index (χ1n) is 11.5. The van der Waals surface area contributed by atoms with Gasteiger partial charge in [-0.1, -0.05) is 12.1 Å². The largest absolute Gasteiger partial charge is 0.493 e. The number of amides is 1. The van der Waals surface area contributed by atoms with Crippen LogP contribution in [0.25, 0.3) is 11.0 Å². The molecule has 8 nitrogen and oxygen atoms in total. The number of carbonyl (C=O) groups excluding carboxylic acids is 1. The zero-order valence-corrected chi connectivity index (χ0v) is 20.7. The van der Waals surface area contributed by atoms with Gasteiger partial charge in [-0.2, -0.15) is 0 Å². The molecular formula is C28H26N2O6. The van der Waals surface area contributed by atoms with E-state index in [0.29, 0.717) is 33.8 Å². The van der Waals surface area contributed by atoms with Crippen LogP contribution in [0.4, 0.5) is 0 Å². The summed E-state index contributed by atoms with van der Waals surface area (Å²) in [4.78, 5) is 33.5. The molecule has 2 aromatic heterocycles. The zero-order valence-electron chi connectivity index (χ0n) is 20.7. The molecule has 2 aromatic carbocycles. The molecule has 0 bridgehead atoms. The predicted octanol–water partition coefficient (Wildman–Crippen LogP) is 4.58. The standard InChI is InChI=1S/C28H26N2O6/c1-15-9-16(2)25-19(10-15)24(31)22-23(18-11-20(33-3)26(35-5)21(12-18)34-4)30(28(32)27(22)36-25)14-17-7-6-8-29-13-17/h6-13,23H,14H2,1-5H3/t23-/m0/s1. The van der Waals surface area contributed by atoms with Gasteiger partial charge in [-0.25, -0.2) is 0 Å². The molecule has 4 aromatic rings. The van der Waals surface area contributed by atoms with Crippen molar-refractivity contribution in [3.8, 4) is 17.2 Å². The van der Waals surface area contributed by atoms with Crippen molar-refractivity contribution < 1.29 is 23.4 Å². The average molecular weight is 487 g/mol. The number of nitrogens with zero attached hydrogens (tertiary/aromatic N) is 2. The maximum Gasteiger partial charge on any atom is 0.291 e. The second-order valence-electron chi connectivity index (χ2n) is 8.79. The summed E-state index contributed by atoms with van der Waals surface area (Å²) in [7, 11) is 4.57. The minimum atomic E-state index is -0.733. The van der Waals surface area contributed by atoms with E-state index in [2.05, 4.69) is 4.98 Å². The molecular weight excluding hydrogens is 460 g/mol. The quantitative estimate of drug-likeness (QED) is 0.394. The number of hydrogen-bond donors (Lipinski definition) is 0. The minimum Gasteiger partial charge on any atom is -0.493 e. The van der Waals surface area contributed by atoms with E-state index in [1.807, 2.05) is 26.0 Å². The third-order valence-electron chi connectivity index (χ3n) is 6.48. The van der Waals surface area contributed by atoms with Gasteiger partial charge in [0.25, 0.3) is 5.91 Å². The van der Waals surface area contributed by atoms with Crippen LogP contribution in [0.3, 0.4) is 0 Å². The van der Waals surface area contributed by atoms with Gasteiger partial charge in [0.05, 0.1) is 38.3 Å². The van der Waals surface area contributed by atoms with Crippen molar-refractivity contribution in [3.05, 3.63) is 92.6 Å². The van der Waals surface area contributed by atoms with E-state index in [1.165, 1.54) is 21.3 Å². The molecule has 1 amide bonds. The number of rotatable bonds is 6. The molecule has 1 atom stereocenters. The van der Waals surface area contributed by atoms with Gasteiger partial charge in [-0.3, -0.25) is 14.6 Å². The molecule has 1 aliphatic heterocycles. The van der Waals surface area contributed by atoms with Crippen molar-refractivity contribution >= 4 is 16.9 Å². The lowest BCUT2D eigenvalue weighted by atomic mass is 9.96. The number of aryl methyl sites for hydroxylation is 2. The first-order chi connectivity index (χ1) is 17.4. The van der Waals surface area contributed by atoms with Crippen LogP contribution < -0.4 is 19.6 Å². The first-order valence-corrected chi connectivity index (χ1v) is 11.5. The highest BCUT2D eigenvalue weighted by atomic mass is 16.5. The maximum absolute atomic E-state index is 13.9. The molecule has 3 heterocycles. The van der Waals surface area contributed by atoms with E-state index < -0.39 is 6.04 Å². The molecule has 0 unspecified atom stereocenters. The summed E-state index contributed by atoms with van der Waals surface area (Å²) in [5.41, 5.74) is 3.66. The monoisotopic (exact) mass is 486 g/mol. The second kappa shape index (κ2) is 9.03. The Morgan fingerprint density at radius 2 is 1.72 bits per heavy atom. The summed E-state index contributed by atoms with van der Waals surface area (Å²) >= 11 is 0. The number of pyridine rings is 1. The van der Waals surface area contributed by atoms with Gasteiger partial charge in [0.2, 0.25) is 11.5 Å². The van der Waals surface area contributed by atoms with E-state index in [1.54, 1.807) is 41.6 Å². The number of benzene rings is 2. The maximum atomic E-state index is 13.9. The number of carbonyl (C=O) groups is 1. The number of methoxy groups -OCH3 is 3. The molecule has 1 aliphatic rings. The summed E-state index contributed by atoms with van der Waals surface area (Å²) in [5, 5.41) is 0.444. The van der Waals surface area contributed by atoms with Crippen LogP contribution in [0.2, 0.25) is 0 Å². The molecule has 0 spiro atoms. The Hall–Kier alpha value is -4.33. The van der Waals surface area contributed by atoms with Crippen LogP contribution in [-0.2, 0) is 6.54 Å². The van der Waals surface area contributed by atoms with Gasteiger partial charge in [-0.05, 0) is 60.4 Å². The van der Waals surface area contributed by atoms with Crippen molar-refractivity contribution in [2.24, 2.45) is 0 Å². The zero-order chi connectivity index (χ0) is 25.6. The number of aromatic nitrogens is 1. The van der Waals surface area contributed by atoms with Crippen LogP contribution in [0.5, 0.6) is 17.2 Å². The highest BCUT2D eigenvalue weighted by molar-refractivity contribution is 5.99. The van der Waals surface area contributed by atoms with Crippen molar-refractivity contribution in [3.63, 3.8) is 0 Å². The fourth-order valence-corrected chi connectivity index (χ4v) is 4.93. The van der Waals surface area contributed by atoms with Crippen molar-refractivity contribution in [1.29, 1.82) is 0 Å². The van der Waals surface area contributed by atoms with Crippen LogP contribution in [0.1, 0.15) is 44.4 Å². The summed E-state index contributed by atoms with van der Waals surface area (Å²) < 4.78 is 22.8. The third kappa shape index (κ3) is 3.66. The Morgan fingerprint density at radius 3 is 2.33 bits per heavy atom. The van der Waals surface area contributed by atoms with Gasteiger partial charge in [0.1, 0.15) is 5.58 Å². The van der Waals surface area contributed by atoms with E-state index >= 15 is 0 Å². The molecule has 184 valence electrons. The SMILES string of the molecule is COc1cc([C@H]2c3c(oc4c(C)cc(C)cc4c3=O)C(=O)N2Cc2cccnc2)cc(OC)c1OC. The lowest BCUT2D eigenvalue weighted by molar-refractivity contribution is 0.0713. The number of ether oxygens (including phenoxy) is 3. The molecule has 0 saturated carbocycles. The summed E-state index contributed by atoms with van der Waals surface area (Å²) in [6, 6.07) is 10.2. The predicted molar refractivity (Wildman–Crippen MR) is 134 cm³/mol. The molecule has 5 rings (SSSR count). The molecule has 8 heteroatoms. The van der Waals surface area contributed by atoms with Crippen LogP contribution in [-0.4, -0.2) is 37.1 Å². The molecule has 0 saturated heterocycles. The lowest BCUT2D eigenvalue weighted by Crippen LogP contribution is -2.29. The van der Waals surface area contributed by atoms with Crippen LogP contribution >= 0.6 is 0 Å². The van der Waals surface area contributed by atoms with Gasteiger partial charge >= 0.3 is 0 Å². The van der Waals surface area contributed by atoms with Crippen molar-refractivity contribution in [1.82, 2.24) is 9.88 Å². The Labute approximate surface area is 208 Å². The van der Waals surface area contributed by atoms with E-state index in [-0.39, 0.29) is 29.2 Å². The van der Waals surface area contributed by atoms with Crippen LogP contribution in [0, 0.1) is 13.8 Å². The second-order valence-corrected chi connectivity index (χ2v) is 8.79. The highest BCUT2D eigenvalue weighted by Crippen LogP contribution is 2.45. The van der Waals surface area contributed by atoms with E-state index in [0.717, 1.165) is 16.7 Å². The van der Waals surface area contributed by atoms with Gasteiger partial charge in [-0.15, -0.1) is 0 Å². The Morgan fingerprint density at radius 1 is 1.00 bits per heavy atom. The van der Waals surface area contributed by atoms with Crippen molar-refractivity contribution in [2.45, 2.75) is 26.4 Å². The fraction of sp³-hybridized carbons (Fsp3) is 0.250. The van der Waals surface area contributed by atoms with Crippen LogP contribution in [0.15, 0.2) is 58.0 Å². The normalized spacial score (nSPS) is 14.8. The Balaban J connectivity index is 1.80. The summed E-state index contributed by atoms with van der Waals surface area (Å²) in [6.45, 7) is 4.02. The fourth-order valence-electron chi connectivity index (χ4n) is 4.93. The number of fused-ring (bicyclic) bond motifs is 2. The Kier molecular flexibility index (Phi) is 5.88. The van der Waals surface area contributed by atoms with Crippen molar-refractivity contribution in [2.75, 3.05) is 21.3 Å². The average Bonchev–Trinajstić information content (AvgIpc) is 3.16. The Bertz CT molecular complexity index is 1520. The summed E-state index contributed by atoms with van der Waals surface area (Å²) in [6.07, 6.45) is 3.37. The van der Waals surface area contributed by atoms with Gasteiger partial charge < -0.3 is 23.5 Å². The van der Waals surface area contributed by atoms with Gasteiger partial charge in [0.15, 0.2) is 16.9 Å². The smallest absolute Gasteiger partial charge is 0.291 e. The molecule has 0 aliphatic carbocycles. The summed E-state index contributed by atoms with van der Waals surface area (Å²) in [5.74, 6) is 0.939.